The Kier molecular flexibility index (Phi) is 6.86. The van der Waals surface area contributed by atoms with Crippen molar-refractivity contribution in [3.63, 3.8) is 0 Å². The van der Waals surface area contributed by atoms with Gasteiger partial charge in [0, 0.05) is 25.2 Å². The van der Waals surface area contributed by atoms with Crippen LogP contribution < -0.4 is 0 Å². The molecule has 1 aromatic heterocycles. The Morgan fingerprint density at radius 3 is 2.61 bits per heavy atom. The average molecular weight is 401 g/mol. The van der Waals surface area contributed by atoms with Gasteiger partial charge >= 0.3 is 5.97 Å². The Labute approximate surface area is 168 Å². The highest BCUT2D eigenvalue weighted by Crippen LogP contribution is 2.25. The van der Waals surface area contributed by atoms with E-state index in [1.165, 1.54) is 18.9 Å². The number of hydrogen-bond acceptors (Lipinski definition) is 6. The highest BCUT2D eigenvalue weighted by Gasteiger charge is 2.28. The van der Waals surface area contributed by atoms with Crippen molar-refractivity contribution >= 4 is 23.6 Å². The number of carbonyl (C=O) groups is 2. The van der Waals surface area contributed by atoms with Crippen LogP contribution in [0.4, 0.5) is 0 Å². The molecule has 0 radical (unpaired) electrons. The second-order valence-corrected chi connectivity index (χ2v) is 7.48. The van der Waals surface area contributed by atoms with Gasteiger partial charge < -0.3 is 9.64 Å². The van der Waals surface area contributed by atoms with Gasteiger partial charge in [0.05, 0.1) is 18.8 Å². The summed E-state index contributed by atoms with van der Waals surface area (Å²) in [6, 6.07) is 9.83. The van der Waals surface area contributed by atoms with Crippen molar-refractivity contribution in [2.45, 2.75) is 24.5 Å². The van der Waals surface area contributed by atoms with Gasteiger partial charge in [-0.25, -0.2) is 0 Å². The molecular weight excluding hydrogens is 376 g/mol. The number of carbonyl (C=O) groups excluding carboxylic acids is 2. The number of rotatable bonds is 7. The van der Waals surface area contributed by atoms with E-state index in [0.29, 0.717) is 37.6 Å². The molecule has 0 unspecified atom stereocenters. The number of nitrogens with zero attached hydrogens (tertiary/aromatic N) is 4. The molecule has 0 saturated carbocycles. The lowest BCUT2D eigenvalue weighted by molar-refractivity contribution is -0.148. The van der Waals surface area contributed by atoms with E-state index in [4.69, 9.17) is 4.74 Å². The number of allylic oxidation sites excluding steroid dienone is 1. The highest BCUT2D eigenvalue weighted by molar-refractivity contribution is 7.99. The predicted octanol–water partition coefficient (Wildman–Crippen LogP) is 2.63. The quantitative estimate of drug-likeness (QED) is 0.404. The zero-order chi connectivity index (χ0) is 19.9. The molecule has 0 spiro atoms. The topological polar surface area (TPSA) is 77.3 Å². The summed E-state index contributed by atoms with van der Waals surface area (Å²) in [6.45, 7) is 5.53. The number of aromatic nitrogens is 3. The summed E-state index contributed by atoms with van der Waals surface area (Å²) in [5, 5.41) is 9.26. The Morgan fingerprint density at radius 1 is 1.25 bits per heavy atom. The van der Waals surface area contributed by atoms with E-state index >= 15 is 0 Å². The summed E-state index contributed by atoms with van der Waals surface area (Å²) in [5.74, 6) is 0.794. The van der Waals surface area contributed by atoms with Crippen LogP contribution in [0.2, 0.25) is 0 Å². The number of piperidine rings is 1. The molecule has 7 nitrogen and oxygen atoms in total. The van der Waals surface area contributed by atoms with Crippen LogP contribution in [0.1, 0.15) is 12.8 Å². The first kappa shape index (κ1) is 20.1. The van der Waals surface area contributed by atoms with Crippen molar-refractivity contribution in [3.8, 4) is 11.4 Å². The van der Waals surface area contributed by atoms with Gasteiger partial charge in [-0.15, -0.1) is 16.8 Å². The largest absolute Gasteiger partial charge is 0.469 e. The predicted molar refractivity (Wildman–Crippen MR) is 108 cm³/mol. The van der Waals surface area contributed by atoms with Crippen LogP contribution in [0.25, 0.3) is 11.4 Å². The third-order valence-electron chi connectivity index (χ3n) is 4.77. The number of amides is 1. The molecule has 28 heavy (non-hydrogen) atoms. The maximum atomic E-state index is 12.6. The third-order valence-corrected chi connectivity index (χ3v) is 5.72. The second kappa shape index (κ2) is 9.54. The summed E-state index contributed by atoms with van der Waals surface area (Å²) < 4.78 is 6.76. The molecule has 3 rings (SSSR count). The minimum Gasteiger partial charge on any atom is -0.469 e. The standard InChI is InChI=1S/C20H24N4O3S/c1-3-11-24-18(15-7-5-4-6-8-15)21-22-20(24)28-14-17(25)23-12-9-16(10-13-23)19(26)27-2/h3-8,16H,1,9-14H2,2H3. The molecule has 1 aromatic carbocycles. The Balaban J connectivity index is 1.62. The minimum atomic E-state index is -0.188. The average Bonchev–Trinajstić information content (AvgIpc) is 3.15. The van der Waals surface area contributed by atoms with Gasteiger partial charge in [0.25, 0.3) is 0 Å². The molecule has 1 amide bonds. The van der Waals surface area contributed by atoms with E-state index in [9.17, 15) is 9.59 Å². The molecule has 0 atom stereocenters. The summed E-state index contributed by atoms with van der Waals surface area (Å²) in [7, 11) is 1.40. The number of esters is 1. The van der Waals surface area contributed by atoms with E-state index in [0.717, 1.165) is 11.4 Å². The van der Waals surface area contributed by atoms with Gasteiger partial charge in [0.15, 0.2) is 11.0 Å². The first-order chi connectivity index (χ1) is 13.6. The van der Waals surface area contributed by atoms with Crippen molar-refractivity contribution in [1.82, 2.24) is 19.7 Å². The Hall–Kier alpha value is -2.61. The van der Waals surface area contributed by atoms with Crippen LogP contribution in [-0.2, 0) is 20.9 Å². The van der Waals surface area contributed by atoms with E-state index < -0.39 is 0 Å². The smallest absolute Gasteiger partial charge is 0.308 e. The molecule has 8 heteroatoms. The second-order valence-electron chi connectivity index (χ2n) is 6.54. The number of hydrogen-bond donors (Lipinski definition) is 0. The zero-order valence-electron chi connectivity index (χ0n) is 15.9. The minimum absolute atomic E-state index is 0.0442. The van der Waals surface area contributed by atoms with Crippen LogP contribution in [0.5, 0.6) is 0 Å². The molecule has 148 valence electrons. The van der Waals surface area contributed by atoms with Gasteiger partial charge in [0.2, 0.25) is 5.91 Å². The van der Waals surface area contributed by atoms with Crippen LogP contribution in [0, 0.1) is 5.92 Å². The maximum absolute atomic E-state index is 12.6. The monoisotopic (exact) mass is 400 g/mol. The Morgan fingerprint density at radius 2 is 1.96 bits per heavy atom. The number of thioether (sulfide) groups is 1. The molecule has 1 saturated heterocycles. The fraction of sp³-hybridized carbons (Fsp3) is 0.400. The first-order valence-electron chi connectivity index (χ1n) is 9.22. The van der Waals surface area contributed by atoms with Gasteiger partial charge in [-0.3, -0.25) is 14.2 Å². The van der Waals surface area contributed by atoms with Gasteiger partial charge in [0.1, 0.15) is 0 Å². The van der Waals surface area contributed by atoms with Gasteiger partial charge in [-0.05, 0) is 12.8 Å². The molecule has 0 bridgehead atoms. The molecule has 2 aromatic rings. The van der Waals surface area contributed by atoms with E-state index in [1.54, 1.807) is 11.0 Å². The normalized spacial score (nSPS) is 14.7. The van der Waals surface area contributed by atoms with E-state index in [1.807, 2.05) is 34.9 Å². The Bertz CT molecular complexity index is 829. The van der Waals surface area contributed by atoms with Crippen molar-refractivity contribution < 1.29 is 14.3 Å². The summed E-state index contributed by atoms with van der Waals surface area (Å²) in [4.78, 5) is 26.0. The van der Waals surface area contributed by atoms with Crippen LogP contribution in [0.3, 0.4) is 0 Å². The van der Waals surface area contributed by atoms with E-state index in [-0.39, 0.29) is 23.5 Å². The van der Waals surface area contributed by atoms with E-state index in [2.05, 4.69) is 16.8 Å². The van der Waals surface area contributed by atoms with Crippen molar-refractivity contribution in [1.29, 1.82) is 0 Å². The molecule has 0 N–H and O–H groups in total. The lowest BCUT2D eigenvalue weighted by Gasteiger charge is -2.30. The molecule has 1 fully saturated rings. The zero-order valence-corrected chi connectivity index (χ0v) is 16.7. The lowest BCUT2D eigenvalue weighted by Crippen LogP contribution is -2.41. The van der Waals surface area contributed by atoms with Gasteiger partial charge in [-0.2, -0.15) is 0 Å². The van der Waals surface area contributed by atoms with Crippen molar-refractivity contribution in [2.75, 3.05) is 26.0 Å². The third kappa shape index (κ3) is 4.62. The van der Waals surface area contributed by atoms with Gasteiger partial charge in [-0.1, -0.05) is 48.2 Å². The SMILES string of the molecule is C=CCn1c(SCC(=O)N2CCC(C(=O)OC)CC2)nnc1-c1ccccc1. The highest BCUT2D eigenvalue weighted by atomic mass is 32.2. The molecule has 0 aliphatic carbocycles. The van der Waals surface area contributed by atoms with Crippen LogP contribution in [0.15, 0.2) is 48.1 Å². The number of likely N-dealkylation sites (tertiary alicyclic amines) is 1. The fourth-order valence-electron chi connectivity index (χ4n) is 3.24. The molecular formula is C20H24N4O3S. The molecule has 2 heterocycles. The summed E-state index contributed by atoms with van der Waals surface area (Å²) >= 11 is 1.37. The fourth-order valence-corrected chi connectivity index (χ4v) is 4.09. The molecule has 1 aliphatic heterocycles. The lowest BCUT2D eigenvalue weighted by atomic mass is 9.97. The number of benzene rings is 1. The molecule has 1 aliphatic rings. The maximum Gasteiger partial charge on any atom is 0.308 e. The van der Waals surface area contributed by atoms with Crippen LogP contribution in [-0.4, -0.2) is 57.5 Å². The van der Waals surface area contributed by atoms with Crippen LogP contribution >= 0.6 is 11.8 Å². The van der Waals surface area contributed by atoms with Crippen molar-refractivity contribution in [2.24, 2.45) is 5.92 Å². The number of ether oxygens (including phenoxy) is 1. The first-order valence-corrected chi connectivity index (χ1v) is 10.2. The van der Waals surface area contributed by atoms with Crippen molar-refractivity contribution in [3.05, 3.63) is 43.0 Å². The summed E-state index contributed by atoms with van der Waals surface area (Å²) in [6.07, 6.45) is 3.08. The number of methoxy groups -OCH3 is 1. The summed E-state index contributed by atoms with van der Waals surface area (Å²) in [5.41, 5.74) is 0.972.